The number of anilines is 1. The van der Waals surface area contributed by atoms with Crippen molar-refractivity contribution in [2.45, 2.75) is 32.4 Å². The fourth-order valence-electron chi connectivity index (χ4n) is 3.30. The van der Waals surface area contributed by atoms with Crippen molar-refractivity contribution in [2.24, 2.45) is 0 Å². The van der Waals surface area contributed by atoms with Gasteiger partial charge < -0.3 is 10.1 Å². The van der Waals surface area contributed by atoms with Gasteiger partial charge in [0.25, 0.3) is 0 Å². The van der Waals surface area contributed by atoms with Crippen molar-refractivity contribution in [3.8, 4) is 0 Å². The number of likely N-dealkylation sites (tertiary alicyclic amines) is 1. The molecule has 1 aliphatic heterocycles. The SMILES string of the molecule is CCOC(=O)C=Cc1cnc(NC2CCN(Cc3ccccc3F)CC2)c(Cl)c1. The highest BCUT2D eigenvalue weighted by Crippen LogP contribution is 2.24. The second kappa shape index (κ2) is 10.4. The van der Waals surface area contributed by atoms with E-state index in [1.54, 1.807) is 31.3 Å². The Balaban J connectivity index is 1.51. The maximum absolute atomic E-state index is 13.8. The Labute approximate surface area is 175 Å². The fourth-order valence-corrected chi connectivity index (χ4v) is 3.53. The highest BCUT2D eigenvalue weighted by Gasteiger charge is 2.21. The number of benzene rings is 1. The molecule has 2 aromatic rings. The third kappa shape index (κ3) is 6.27. The lowest BCUT2D eigenvalue weighted by atomic mass is 10.0. The van der Waals surface area contributed by atoms with Gasteiger partial charge in [-0.3, -0.25) is 4.90 Å². The largest absolute Gasteiger partial charge is 0.463 e. The molecule has 154 valence electrons. The van der Waals surface area contributed by atoms with Crippen LogP contribution in [0.4, 0.5) is 10.2 Å². The lowest BCUT2D eigenvalue weighted by Crippen LogP contribution is -2.39. The number of nitrogens with zero attached hydrogens (tertiary/aromatic N) is 2. The molecule has 0 amide bonds. The Hall–Kier alpha value is -2.44. The molecule has 2 heterocycles. The van der Waals surface area contributed by atoms with Crippen molar-refractivity contribution in [2.75, 3.05) is 25.0 Å². The fraction of sp³-hybridized carbons (Fsp3) is 0.364. The van der Waals surface area contributed by atoms with Gasteiger partial charge in [-0.15, -0.1) is 0 Å². The van der Waals surface area contributed by atoms with E-state index in [1.807, 2.05) is 12.1 Å². The van der Waals surface area contributed by atoms with Gasteiger partial charge in [-0.25, -0.2) is 14.2 Å². The van der Waals surface area contributed by atoms with Crippen LogP contribution in [0.1, 0.15) is 30.9 Å². The highest BCUT2D eigenvalue weighted by molar-refractivity contribution is 6.33. The van der Waals surface area contributed by atoms with Crippen LogP contribution in [0.5, 0.6) is 0 Å². The molecule has 3 rings (SSSR count). The molecule has 29 heavy (non-hydrogen) atoms. The molecule has 1 aromatic heterocycles. The number of rotatable bonds is 7. The molecule has 0 unspecified atom stereocenters. The molecule has 0 spiro atoms. The standard InChI is InChI=1S/C22H25ClFN3O2/c1-2-29-21(28)8-7-16-13-19(23)22(25-14-16)26-18-9-11-27(12-10-18)15-17-5-3-4-6-20(17)24/h3-8,13-14,18H,2,9-12,15H2,1H3,(H,25,26). The van der Waals surface area contributed by atoms with Gasteiger partial charge in [0.15, 0.2) is 0 Å². The lowest BCUT2D eigenvalue weighted by molar-refractivity contribution is -0.137. The van der Waals surface area contributed by atoms with Crippen LogP contribution in [-0.2, 0) is 16.1 Å². The zero-order valence-electron chi connectivity index (χ0n) is 16.4. The summed E-state index contributed by atoms with van der Waals surface area (Å²) in [5.41, 5.74) is 1.46. The Morgan fingerprint density at radius 2 is 2.14 bits per heavy atom. The van der Waals surface area contributed by atoms with Gasteiger partial charge in [0.05, 0.1) is 11.6 Å². The predicted octanol–water partition coefficient (Wildman–Crippen LogP) is 4.53. The molecule has 0 atom stereocenters. The third-order valence-corrected chi connectivity index (χ3v) is 5.13. The molecule has 1 aromatic carbocycles. The maximum atomic E-state index is 13.8. The minimum absolute atomic E-state index is 0.152. The second-order valence-corrected chi connectivity index (χ2v) is 7.38. The van der Waals surface area contributed by atoms with Gasteiger partial charge in [0.2, 0.25) is 0 Å². The van der Waals surface area contributed by atoms with E-state index in [9.17, 15) is 9.18 Å². The van der Waals surface area contributed by atoms with Crippen LogP contribution in [-0.4, -0.2) is 41.6 Å². The molecule has 0 aliphatic carbocycles. The number of aromatic nitrogens is 1. The smallest absolute Gasteiger partial charge is 0.330 e. The number of piperidine rings is 1. The van der Waals surface area contributed by atoms with Crippen molar-refractivity contribution in [1.82, 2.24) is 9.88 Å². The van der Waals surface area contributed by atoms with Gasteiger partial charge >= 0.3 is 5.97 Å². The molecule has 0 bridgehead atoms. The topological polar surface area (TPSA) is 54.5 Å². The first-order valence-corrected chi connectivity index (χ1v) is 10.2. The van der Waals surface area contributed by atoms with Crippen molar-refractivity contribution >= 4 is 29.5 Å². The van der Waals surface area contributed by atoms with E-state index in [2.05, 4.69) is 15.2 Å². The first-order chi connectivity index (χ1) is 14.0. The van der Waals surface area contributed by atoms with Gasteiger partial charge in [0, 0.05) is 43.5 Å². The van der Waals surface area contributed by atoms with Crippen molar-refractivity contribution < 1.29 is 13.9 Å². The Bertz CT molecular complexity index is 867. The van der Waals surface area contributed by atoms with E-state index in [0.717, 1.165) is 37.1 Å². The number of ether oxygens (including phenoxy) is 1. The summed E-state index contributed by atoms with van der Waals surface area (Å²) in [5, 5.41) is 3.90. The van der Waals surface area contributed by atoms with Gasteiger partial charge in [-0.1, -0.05) is 29.8 Å². The minimum atomic E-state index is -0.395. The Morgan fingerprint density at radius 1 is 1.38 bits per heavy atom. The molecular weight excluding hydrogens is 393 g/mol. The number of hydrogen-bond acceptors (Lipinski definition) is 5. The molecule has 0 radical (unpaired) electrons. The van der Waals surface area contributed by atoms with Gasteiger partial charge in [0.1, 0.15) is 11.6 Å². The summed E-state index contributed by atoms with van der Waals surface area (Å²) in [5.74, 6) is 0.0845. The molecule has 5 nitrogen and oxygen atoms in total. The summed E-state index contributed by atoms with van der Waals surface area (Å²) in [6.45, 7) is 4.48. The number of halogens is 2. The molecule has 0 saturated carbocycles. The van der Waals surface area contributed by atoms with E-state index in [4.69, 9.17) is 16.3 Å². The zero-order chi connectivity index (χ0) is 20.6. The predicted molar refractivity (Wildman–Crippen MR) is 113 cm³/mol. The number of carbonyl (C=O) groups is 1. The van der Waals surface area contributed by atoms with E-state index >= 15 is 0 Å². The molecule has 7 heteroatoms. The lowest BCUT2D eigenvalue weighted by Gasteiger charge is -2.32. The number of pyridine rings is 1. The van der Waals surface area contributed by atoms with Crippen LogP contribution in [0.25, 0.3) is 6.08 Å². The van der Waals surface area contributed by atoms with E-state index in [0.29, 0.717) is 24.0 Å². The third-order valence-electron chi connectivity index (χ3n) is 4.84. The normalized spacial score (nSPS) is 15.6. The first kappa shape index (κ1) is 21.3. The first-order valence-electron chi connectivity index (χ1n) is 9.78. The van der Waals surface area contributed by atoms with Crippen LogP contribution in [0.3, 0.4) is 0 Å². The summed E-state index contributed by atoms with van der Waals surface area (Å²) in [7, 11) is 0. The van der Waals surface area contributed by atoms with E-state index in [-0.39, 0.29) is 11.9 Å². The molecule has 1 aliphatic rings. The van der Waals surface area contributed by atoms with Crippen LogP contribution in [0.15, 0.2) is 42.6 Å². The highest BCUT2D eigenvalue weighted by atomic mass is 35.5. The molecular formula is C22H25ClFN3O2. The van der Waals surface area contributed by atoms with Crippen LogP contribution < -0.4 is 5.32 Å². The number of hydrogen-bond donors (Lipinski definition) is 1. The monoisotopic (exact) mass is 417 g/mol. The summed E-state index contributed by atoms with van der Waals surface area (Å²) < 4.78 is 18.7. The molecule has 1 fully saturated rings. The van der Waals surface area contributed by atoms with Crippen molar-refractivity contribution in [3.05, 3.63) is 64.6 Å². The Kier molecular flexibility index (Phi) is 7.61. The number of nitrogens with one attached hydrogen (secondary N) is 1. The molecule has 1 saturated heterocycles. The summed E-state index contributed by atoms with van der Waals surface area (Å²) in [4.78, 5) is 18.0. The van der Waals surface area contributed by atoms with Crippen LogP contribution in [0, 0.1) is 5.82 Å². The van der Waals surface area contributed by atoms with Crippen LogP contribution >= 0.6 is 11.6 Å². The Morgan fingerprint density at radius 3 is 2.83 bits per heavy atom. The van der Waals surface area contributed by atoms with E-state index < -0.39 is 5.97 Å². The molecule has 1 N–H and O–H groups in total. The van der Waals surface area contributed by atoms with Crippen molar-refractivity contribution in [1.29, 1.82) is 0 Å². The summed E-state index contributed by atoms with van der Waals surface area (Å²) in [6.07, 6.45) is 6.50. The average Bonchev–Trinajstić information content (AvgIpc) is 2.71. The van der Waals surface area contributed by atoms with Gasteiger partial charge in [-0.2, -0.15) is 0 Å². The summed E-state index contributed by atoms with van der Waals surface area (Å²) in [6, 6.07) is 8.94. The average molecular weight is 418 g/mol. The quantitative estimate of drug-likeness (QED) is 0.530. The summed E-state index contributed by atoms with van der Waals surface area (Å²) >= 11 is 6.35. The van der Waals surface area contributed by atoms with Crippen LogP contribution in [0.2, 0.25) is 5.02 Å². The number of esters is 1. The van der Waals surface area contributed by atoms with E-state index in [1.165, 1.54) is 12.1 Å². The van der Waals surface area contributed by atoms with Crippen molar-refractivity contribution in [3.63, 3.8) is 0 Å². The maximum Gasteiger partial charge on any atom is 0.330 e. The van der Waals surface area contributed by atoms with Gasteiger partial charge in [-0.05, 0) is 43.5 Å². The zero-order valence-corrected chi connectivity index (χ0v) is 17.2. The number of carbonyl (C=O) groups excluding carboxylic acids is 1. The minimum Gasteiger partial charge on any atom is -0.463 e. The second-order valence-electron chi connectivity index (χ2n) is 6.97.